The fourth-order valence-electron chi connectivity index (χ4n) is 8.03. The molecule has 0 saturated carbocycles. The molecule has 3 aromatic heterocycles. The van der Waals surface area contributed by atoms with Crippen molar-refractivity contribution in [2.24, 2.45) is 30.7 Å². The second-order valence-corrected chi connectivity index (χ2v) is 24.4. The second kappa shape index (κ2) is 26.5. The number of hydrogen-bond acceptors (Lipinski definition) is 32. The van der Waals surface area contributed by atoms with Crippen molar-refractivity contribution in [3.05, 3.63) is 76.8 Å². The maximum absolute atomic E-state index is 13.0. The van der Waals surface area contributed by atoms with Gasteiger partial charge in [0.05, 0.1) is 78.7 Å². The number of pyridine rings is 1. The maximum atomic E-state index is 13.0. The number of ether oxygens (including phenoxy) is 1. The van der Waals surface area contributed by atoms with E-state index in [1.807, 2.05) is 6.07 Å². The molecule has 0 aliphatic heterocycles. The summed E-state index contributed by atoms with van der Waals surface area (Å²) in [5.41, 5.74) is -0.621. The normalized spacial score (nSPS) is 12.6. The average molecular weight is 1300 g/mol. The summed E-state index contributed by atoms with van der Waals surface area (Å²) in [5, 5.41) is 95.6. The predicted octanol–water partition coefficient (Wildman–Crippen LogP) is 11.6. The van der Waals surface area contributed by atoms with E-state index in [9.17, 15) is 59.6 Å². The van der Waals surface area contributed by atoms with Crippen LogP contribution in [0.5, 0.6) is 17.4 Å². The summed E-state index contributed by atoms with van der Waals surface area (Å²) in [4.78, 5) is 8.27. The van der Waals surface area contributed by atoms with Gasteiger partial charge in [-0.3, -0.25) is 18.1 Å². The number of benzene rings is 5. The number of nitrogens with zero attached hydrogens (tertiary/aromatic N) is 11. The first-order chi connectivity index (χ1) is 39.5. The molecule has 0 aliphatic carbocycles. The third kappa shape index (κ3) is 14.2. The van der Waals surface area contributed by atoms with Crippen LogP contribution in [0.15, 0.2) is 111 Å². The number of para-hydroxylation sites is 2. The number of hydrogen-bond donors (Lipinski definition) is 8. The fourth-order valence-corrected chi connectivity index (χ4v) is 13.0. The number of fused-ring (bicyclic) bond motifs is 5. The first-order valence-corrected chi connectivity index (χ1v) is 30.6. The van der Waals surface area contributed by atoms with Crippen molar-refractivity contribution in [2.75, 3.05) is 36.6 Å². The molecular formula is C43H36ClN11O21S7. The Morgan fingerprint density at radius 2 is 1.45 bits per heavy atom. The lowest BCUT2D eigenvalue weighted by atomic mass is 10.1. The Hall–Kier alpha value is -6.60. The number of rotatable bonds is 26. The minimum Gasteiger partial charge on any atom is -0.505 e. The molecule has 8 aromatic rings. The van der Waals surface area contributed by atoms with Gasteiger partial charge in [-0.05, 0) is 67.6 Å². The molecule has 3 heterocycles. The highest BCUT2D eigenvalue weighted by atomic mass is 35.5. The van der Waals surface area contributed by atoms with Crippen molar-refractivity contribution in [1.29, 1.82) is 5.26 Å². The lowest BCUT2D eigenvalue weighted by Crippen LogP contribution is -2.27. The Morgan fingerprint density at radius 3 is 2.12 bits per heavy atom. The molecule has 32 nitrogen and oxygen atoms in total. The van der Waals surface area contributed by atoms with Crippen molar-refractivity contribution in [3.8, 4) is 23.4 Å². The molecule has 0 fully saturated rings. The number of aromatic hydroxyl groups is 2. The van der Waals surface area contributed by atoms with Crippen LogP contribution in [-0.4, -0.2) is 111 Å². The number of halogens is 1. The van der Waals surface area contributed by atoms with E-state index in [1.165, 1.54) is 42.7 Å². The number of nitriles is 1. The van der Waals surface area contributed by atoms with Gasteiger partial charge in [0.2, 0.25) is 11.0 Å². The highest BCUT2D eigenvalue weighted by Crippen LogP contribution is 2.49. The highest BCUT2D eigenvalue weighted by molar-refractivity contribution is 7.95. The first kappa shape index (κ1) is 62.4. The summed E-state index contributed by atoms with van der Waals surface area (Å²) in [6.07, 6.45) is 0.00864. The Labute approximate surface area is 487 Å². The van der Waals surface area contributed by atoms with Crippen LogP contribution in [0.1, 0.15) is 24.0 Å². The molecule has 0 atom stereocenters. The topological polar surface area (TPSA) is 460 Å². The number of azo groups is 3. The molecule has 0 aliphatic rings. The third-order valence-corrected chi connectivity index (χ3v) is 17.7. The van der Waals surface area contributed by atoms with Gasteiger partial charge in [-0.2, -0.15) is 30.5 Å². The minimum atomic E-state index is -5.17. The molecular weight excluding hydrogens is 1270 g/mol. The third-order valence-electron chi connectivity index (χ3n) is 11.5. The van der Waals surface area contributed by atoms with Gasteiger partial charge in [0, 0.05) is 47.9 Å². The van der Waals surface area contributed by atoms with Crippen LogP contribution in [0.25, 0.3) is 37.7 Å². The van der Waals surface area contributed by atoms with Crippen LogP contribution in [0.3, 0.4) is 0 Å². The number of anilines is 1. The van der Waals surface area contributed by atoms with Gasteiger partial charge in [0.1, 0.15) is 49.9 Å². The van der Waals surface area contributed by atoms with Crippen molar-refractivity contribution in [2.45, 2.75) is 39.3 Å². The summed E-state index contributed by atoms with van der Waals surface area (Å²) in [5.74, 6) is -1.97. The van der Waals surface area contributed by atoms with Gasteiger partial charge in [0.25, 0.3) is 30.4 Å². The van der Waals surface area contributed by atoms with Gasteiger partial charge in [-0.1, -0.05) is 50.2 Å². The first-order valence-electron chi connectivity index (χ1n) is 22.5. The zero-order valence-electron chi connectivity index (χ0n) is 41.6. The molecule has 0 spiro atoms. The van der Waals surface area contributed by atoms with Crippen LogP contribution in [0.4, 0.5) is 39.3 Å². The maximum Gasteiger partial charge on any atom is 0.297 e. The van der Waals surface area contributed by atoms with Crippen molar-refractivity contribution in [3.63, 3.8) is 0 Å². The molecule has 83 heavy (non-hydrogen) atoms. The lowest BCUT2D eigenvalue weighted by Gasteiger charge is -2.26. The fraction of sp³-hybridized carbons (Fsp3) is 0.186. The zero-order chi connectivity index (χ0) is 60.0. The smallest absolute Gasteiger partial charge is 0.297 e. The van der Waals surface area contributed by atoms with Crippen LogP contribution in [-0.2, 0) is 58.5 Å². The zero-order valence-corrected chi connectivity index (χ0v) is 48.0. The molecule has 40 heteroatoms. The summed E-state index contributed by atoms with van der Waals surface area (Å²) in [6, 6.07) is 15.6. The van der Waals surface area contributed by atoms with Gasteiger partial charge in [-0.15, -0.1) is 43.7 Å². The molecule has 0 bridgehead atoms. The SMILES string of the molecule is COc1cc(N=Nc2c(SOOO)cc3cc(S(=O)(=O)O)c(N=Nc4c(C)c(C#N)c5nc6ccccc6n5c4O)cc3c2O)c(N(CCCSOOO)CCCS(=O)(=O)O)cc1N=Nc1nc2cc(SOOO)c(Cl)c(S(=O)(=O)O)c2s1. The summed E-state index contributed by atoms with van der Waals surface area (Å²) in [7, 11) is -13.5. The van der Waals surface area contributed by atoms with E-state index in [0.29, 0.717) is 34.4 Å². The molecule has 0 unspecified atom stereocenters. The van der Waals surface area contributed by atoms with Gasteiger partial charge >= 0.3 is 0 Å². The van der Waals surface area contributed by atoms with E-state index in [1.54, 1.807) is 29.2 Å². The Kier molecular flexibility index (Phi) is 20.0. The highest BCUT2D eigenvalue weighted by Gasteiger charge is 2.28. The van der Waals surface area contributed by atoms with Gasteiger partial charge in [0.15, 0.2) is 17.1 Å². The number of phenols is 1. The Bertz CT molecular complexity index is 4320. The van der Waals surface area contributed by atoms with E-state index in [-0.39, 0.29) is 137 Å². The van der Waals surface area contributed by atoms with E-state index in [0.717, 1.165) is 12.1 Å². The van der Waals surface area contributed by atoms with Crippen LogP contribution < -0.4 is 9.64 Å². The van der Waals surface area contributed by atoms with E-state index in [4.69, 9.17) is 26.9 Å². The van der Waals surface area contributed by atoms with Crippen LogP contribution in [0, 0.1) is 18.3 Å². The van der Waals surface area contributed by atoms with Crippen LogP contribution >= 0.6 is 59.1 Å². The number of methoxy groups -OCH3 is 1. The number of imidazole rings is 1. The lowest BCUT2D eigenvalue weighted by molar-refractivity contribution is -0.432. The predicted molar refractivity (Wildman–Crippen MR) is 296 cm³/mol. The standard InChI is InChI=1S/C43H36ClN11O21S7/c1-20-23(19-45)41-46-24-7-3-4-8-29(24)55(41)42(57)36(20)51-50-27-15-22-21(14-34(27)82(64,65)66)13-33(80-76-73-60)37(38(22)56)52-48-25-17-31(70-2)26(16-30(25)54(9-5-11-77-74-71-58)10-6-12-81(61,62)63)49-53-43-47-28-18-32(79-75-72-59)35(44)40(39(28)78-43)83(67,68)69/h3-4,7-8,13-18,56-60H,5-6,9-12H2,1-2H3,(H,61,62,63)(H,64,65,66)(H,67,68,69). The van der Waals surface area contributed by atoms with Crippen LogP contribution in [0.2, 0.25) is 5.02 Å². The largest absolute Gasteiger partial charge is 0.505 e. The Balaban J connectivity index is 1.28. The molecule has 8 rings (SSSR count). The number of phenolic OH excluding ortho intramolecular Hbond substituents is 1. The van der Waals surface area contributed by atoms with Crippen molar-refractivity contribution < 1.29 is 97.7 Å². The molecule has 0 radical (unpaired) electrons. The summed E-state index contributed by atoms with van der Waals surface area (Å²) in [6.45, 7) is 1.32. The molecule has 8 N–H and O–H groups in total. The number of thiazole rings is 1. The van der Waals surface area contributed by atoms with E-state index in [2.05, 4.69) is 68.8 Å². The molecule has 0 amide bonds. The Morgan fingerprint density at radius 1 is 0.771 bits per heavy atom. The average Bonchev–Trinajstić information content (AvgIpc) is 2.48. The summed E-state index contributed by atoms with van der Waals surface area (Å²) < 4.78 is 125. The monoisotopic (exact) mass is 1300 g/mol. The summed E-state index contributed by atoms with van der Waals surface area (Å²) >= 11 is 8.13. The van der Waals surface area contributed by atoms with Crippen molar-refractivity contribution >= 4 is 166 Å². The molecule has 438 valence electrons. The van der Waals surface area contributed by atoms with Crippen molar-refractivity contribution in [1.82, 2.24) is 14.4 Å². The van der Waals surface area contributed by atoms with E-state index < -0.39 is 73.9 Å². The molecule has 0 saturated heterocycles. The van der Waals surface area contributed by atoms with Gasteiger partial charge < -0.3 is 19.8 Å². The minimum absolute atomic E-state index is 0.0106. The number of aromatic nitrogens is 3. The second-order valence-electron chi connectivity index (χ2n) is 16.5. The quantitative estimate of drug-likeness (QED) is 0.00623. The molecule has 5 aromatic carbocycles. The van der Waals surface area contributed by atoms with E-state index >= 15 is 0 Å². The van der Waals surface area contributed by atoms with Gasteiger partial charge in [-0.25, -0.2) is 25.7 Å².